The molecule has 1 aromatic rings. The molecule has 1 aliphatic rings. The summed E-state index contributed by atoms with van der Waals surface area (Å²) in [6, 6.07) is 1.55. The van der Waals surface area contributed by atoms with Gasteiger partial charge in [-0.2, -0.15) is 0 Å². The Hall–Kier alpha value is -1.38. The number of carbonyl (C=O) groups is 1. The molecule has 3 nitrogen and oxygen atoms in total. The molecule has 0 unspecified atom stereocenters. The van der Waals surface area contributed by atoms with E-state index in [0.29, 0.717) is 17.7 Å². The number of H-pyrrole nitrogens is 1. The van der Waals surface area contributed by atoms with Crippen LogP contribution in [0.3, 0.4) is 0 Å². The molecule has 1 heterocycles. The molecule has 0 amide bonds. The van der Waals surface area contributed by atoms with Gasteiger partial charge in [0.1, 0.15) is 0 Å². The molecule has 0 saturated carbocycles. The summed E-state index contributed by atoms with van der Waals surface area (Å²) in [5, 5.41) is 0. The Morgan fingerprint density at radius 1 is 1.31 bits per heavy atom. The van der Waals surface area contributed by atoms with Crippen LogP contribution in [0.25, 0.3) is 0 Å². The third-order valence-corrected chi connectivity index (χ3v) is 2.38. The fraction of sp³-hybridized carbons (Fsp3) is 0.400. The van der Waals surface area contributed by atoms with Crippen molar-refractivity contribution >= 4 is 5.78 Å². The fourth-order valence-corrected chi connectivity index (χ4v) is 1.75. The zero-order valence-corrected chi connectivity index (χ0v) is 7.52. The summed E-state index contributed by atoms with van der Waals surface area (Å²) < 4.78 is 0. The highest BCUT2D eigenvalue weighted by molar-refractivity contribution is 5.96. The molecule has 13 heavy (non-hydrogen) atoms. The number of fused-ring (bicyclic) bond motifs is 1. The van der Waals surface area contributed by atoms with Crippen molar-refractivity contribution in [2.75, 3.05) is 0 Å². The van der Waals surface area contributed by atoms with Gasteiger partial charge in [0, 0.05) is 23.7 Å². The van der Waals surface area contributed by atoms with E-state index in [1.807, 2.05) is 0 Å². The van der Waals surface area contributed by atoms with Crippen LogP contribution in [0.15, 0.2) is 10.9 Å². The van der Waals surface area contributed by atoms with E-state index < -0.39 is 0 Å². The second kappa shape index (κ2) is 2.83. The standard InChI is InChI=1S/C10H11NO2/c1-6-5-9(13)7-3-2-4-8(12)10(7)11-6/h5H,2-4H2,1H3,(H,11,13). The Morgan fingerprint density at radius 2 is 2.08 bits per heavy atom. The number of Topliss-reactive ketones (excluding diaryl/α,β-unsaturated/α-hetero) is 1. The number of hydrogen-bond donors (Lipinski definition) is 1. The van der Waals surface area contributed by atoms with Gasteiger partial charge in [-0.1, -0.05) is 0 Å². The number of ketones is 1. The first-order valence-corrected chi connectivity index (χ1v) is 4.44. The van der Waals surface area contributed by atoms with Gasteiger partial charge in [-0.05, 0) is 19.8 Å². The molecule has 0 bridgehead atoms. The predicted octanol–water partition coefficient (Wildman–Crippen LogP) is 1.20. The lowest BCUT2D eigenvalue weighted by atomic mass is 9.94. The molecular formula is C10H11NO2. The first-order chi connectivity index (χ1) is 6.18. The van der Waals surface area contributed by atoms with Crippen LogP contribution < -0.4 is 5.43 Å². The third-order valence-electron chi connectivity index (χ3n) is 2.38. The Balaban J connectivity index is 2.70. The quantitative estimate of drug-likeness (QED) is 0.647. The molecule has 1 aromatic heterocycles. The van der Waals surface area contributed by atoms with Gasteiger partial charge in [-0.25, -0.2) is 0 Å². The van der Waals surface area contributed by atoms with E-state index in [-0.39, 0.29) is 11.2 Å². The maximum atomic E-state index is 11.5. The van der Waals surface area contributed by atoms with Gasteiger partial charge in [0.2, 0.25) is 0 Å². The number of aromatic nitrogens is 1. The second-order valence-electron chi connectivity index (χ2n) is 3.45. The largest absolute Gasteiger partial charge is 0.356 e. The topological polar surface area (TPSA) is 49.9 Å². The average molecular weight is 177 g/mol. The molecule has 0 spiro atoms. The molecule has 68 valence electrons. The molecule has 0 saturated heterocycles. The lowest BCUT2D eigenvalue weighted by Crippen LogP contribution is -2.22. The van der Waals surface area contributed by atoms with Crippen LogP contribution in [0.5, 0.6) is 0 Å². The molecular weight excluding hydrogens is 166 g/mol. The van der Waals surface area contributed by atoms with Crippen LogP contribution in [0.4, 0.5) is 0 Å². The monoisotopic (exact) mass is 177 g/mol. The SMILES string of the molecule is Cc1cc(=O)c2c([nH]1)C(=O)CCC2. The van der Waals surface area contributed by atoms with E-state index in [1.165, 1.54) is 0 Å². The Morgan fingerprint density at radius 3 is 2.85 bits per heavy atom. The molecule has 0 aromatic carbocycles. The summed E-state index contributed by atoms with van der Waals surface area (Å²) in [7, 11) is 0. The molecule has 3 heteroatoms. The van der Waals surface area contributed by atoms with Crippen LogP contribution in [-0.2, 0) is 6.42 Å². The smallest absolute Gasteiger partial charge is 0.185 e. The normalized spacial score (nSPS) is 15.6. The number of rotatable bonds is 0. The number of nitrogens with one attached hydrogen (secondary N) is 1. The minimum absolute atomic E-state index is 0.000648. The maximum absolute atomic E-state index is 11.5. The number of hydrogen-bond acceptors (Lipinski definition) is 2. The molecule has 2 rings (SSSR count). The highest BCUT2D eigenvalue weighted by Gasteiger charge is 2.19. The maximum Gasteiger partial charge on any atom is 0.185 e. The van der Waals surface area contributed by atoms with Gasteiger partial charge >= 0.3 is 0 Å². The third kappa shape index (κ3) is 1.30. The summed E-state index contributed by atoms with van der Waals surface area (Å²) in [6.07, 6.45) is 2.10. The highest BCUT2D eigenvalue weighted by atomic mass is 16.1. The molecule has 1 aliphatic carbocycles. The molecule has 0 radical (unpaired) electrons. The van der Waals surface area contributed by atoms with Crippen LogP contribution >= 0.6 is 0 Å². The summed E-state index contributed by atoms with van der Waals surface area (Å²) in [5.41, 5.74) is 1.97. The van der Waals surface area contributed by atoms with Crippen LogP contribution in [-0.4, -0.2) is 10.8 Å². The van der Waals surface area contributed by atoms with Crippen LogP contribution in [0.2, 0.25) is 0 Å². The van der Waals surface area contributed by atoms with E-state index in [0.717, 1.165) is 18.5 Å². The van der Waals surface area contributed by atoms with E-state index in [4.69, 9.17) is 0 Å². The number of pyridine rings is 1. The van der Waals surface area contributed by atoms with E-state index in [1.54, 1.807) is 13.0 Å². The minimum Gasteiger partial charge on any atom is -0.356 e. The zero-order chi connectivity index (χ0) is 9.42. The van der Waals surface area contributed by atoms with E-state index in [9.17, 15) is 9.59 Å². The second-order valence-corrected chi connectivity index (χ2v) is 3.45. The fourth-order valence-electron chi connectivity index (χ4n) is 1.75. The van der Waals surface area contributed by atoms with Crippen molar-refractivity contribution in [3.8, 4) is 0 Å². The van der Waals surface area contributed by atoms with Crippen molar-refractivity contribution in [3.63, 3.8) is 0 Å². The molecule has 0 aliphatic heterocycles. The zero-order valence-electron chi connectivity index (χ0n) is 7.52. The van der Waals surface area contributed by atoms with Crippen molar-refractivity contribution < 1.29 is 4.79 Å². The molecule has 0 fully saturated rings. The van der Waals surface area contributed by atoms with E-state index in [2.05, 4.69) is 4.98 Å². The van der Waals surface area contributed by atoms with Gasteiger partial charge in [-0.3, -0.25) is 9.59 Å². The summed E-state index contributed by atoms with van der Waals surface area (Å²) in [5.74, 6) is 0.0713. The Kier molecular flexibility index (Phi) is 1.79. The average Bonchev–Trinajstić information content (AvgIpc) is 2.07. The first-order valence-electron chi connectivity index (χ1n) is 4.44. The molecule has 0 atom stereocenters. The van der Waals surface area contributed by atoms with Crippen molar-refractivity contribution in [3.05, 3.63) is 33.2 Å². The van der Waals surface area contributed by atoms with Crippen molar-refractivity contribution in [2.45, 2.75) is 26.2 Å². The van der Waals surface area contributed by atoms with E-state index >= 15 is 0 Å². The van der Waals surface area contributed by atoms with Gasteiger partial charge in [0.25, 0.3) is 0 Å². The van der Waals surface area contributed by atoms with Crippen molar-refractivity contribution in [1.29, 1.82) is 0 Å². The lowest BCUT2D eigenvalue weighted by Gasteiger charge is -2.13. The summed E-state index contributed by atoms with van der Waals surface area (Å²) in [4.78, 5) is 25.8. The number of carbonyl (C=O) groups excluding carboxylic acids is 1. The Labute approximate surface area is 75.8 Å². The van der Waals surface area contributed by atoms with Crippen LogP contribution in [0, 0.1) is 6.92 Å². The van der Waals surface area contributed by atoms with Gasteiger partial charge in [0.05, 0.1) is 5.69 Å². The minimum atomic E-state index is -0.000648. The number of aromatic amines is 1. The van der Waals surface area contributed by atoms with Gasteiger partial charge in [0.15, 0.2) is 11.2 Å². The van der Waals surface area contributed by atoms with Crippen molar-refractivity contribution in [2.24, 2.45) is 0 Å². The molecule has 1 N–H and O–H groups in total. The lowest BCUT2D eigenvalue weighted by molar-refractivity contribution is 0.0966. The van der Waals surface area contributed by atoms with Gasteiger partial charge in [-0.15, -0.1) is 0 Å². The predicted molar refractivity (Wildman–Crippen MR) is 49.1 cm³/mol. The summed E-state index contributed by atoms with van der Waals surface area (Å²) >= 11 is 0. The first kappa shape index (κ1) is 8.23. The van der Waals surface area contributed by atoms with Gasteiger partial charge < -0.3 is 4.98 Å². The van der Waals surface area contributed by atoms with Crippen LogP contribution in [0.1, 0.15) is 34.6 Å². The summed E-state index contributed by atoms with van der Waals surface area (Å²) in [6.45, 7) is 1.80. The highest BCUT2D eigenvalue weighted by Crippen LogP contribution is 2.16. The van der Waals surface area contributed by atoms with Crippen molar-refractivity contribution in [1.82, 2.24) is 4.98 Å². The Bertz CT molecular complexity index is 417. The number of aryl methyl sites for hydroxylation is 1.